The zero-order valence-electron chi connectivity index (χ0n) is 17.0. The SMILES string of the molecule is CC(C)Cn1c(S[C@@H](C(=O)N(C)C)c2ccccc2)nnc1-c1ccccc1F. The van der Waals surface area contributed by atoms with Crippen LogP contribution in [0.5, 0.6) is 0 Å². The molecule has 1 atom stereocenters. The van der Waals surface area contributed by atoms with Crippen LogP contribution in [0.3, 0.4) is 0 Å². The normalized spacial score (nSPS) is 12.2. The molecule has 152 valence electrons. The molecule has 0 aliphatic heterocycles. The van der Waals surface area contributed by atoms with Gasteiger partial charge in [-0.1, -0.05) is 68.1 Å². The number of nitrogens with zero attached hydrogens (tertiary/aromatic N) is 4. The number of halogens is 1. The van der Waals surface area contributed by atoms with Crippen molar-refractivity contribution in [2.75, 3.05) is 14.1 Å². The quantitative estimate of drug-likeness (QED) is 0.530. The third-order valence-electron chi connectivity index (χ3n) is 4.37. The summed E-state index contributed by atoms with van der Waals surface area (Å²) in [4.78, 5) is 14.5. The lowest BCUT2D eigenvalue weighted by molar-refractivity contribution is -0.128. The molecule has 1 heterocycles. The maximum absolute atomic E-state index is 14.4. The first-order valence-electron chi connectivity index (χ1n) is 9.49. The van der Waals surface area contributed by atoms with Gasteiger partial charge in [-0.25, -0.2) is 4.39 Å². The summed E-state index contributed by atoms with van der Waals surface area (Å²) in [5.74, 6) is 0.400. The van der Waals surface area contributed by atoms with E-state index < -0.39 is 5.25 Å². The van der Waals surface area contributed by atoms with Crippen LogP contribution < -0.4 is 0 Å². The van der Waals surface area contributed by atoms with Gasteiger partial charge in [0.1, 0.15) is 11.1 Å². The first-order valence-corrected chi connectivity index (χ1v) is 10.4. The van der Waals surface area contributed by atoms with E-state index >= 15 is 0 Å². The number of rotatable bonds is 7. The van der Waals surface area contributed by atoms with Crippen molar-refractivity contribution in [2.24, 2.45) is 5.92 Å². The molecule has 0 bridgehead atoms. The molecule has 3 aromatic rings. The Morgan fingerprint density at radius 1 is 1.07 bits per heavy atom. The minimum atomic E-state index is -0.463. The summed E-state index contributed by atoms with van der Waals surface area (Å²) >= 11 is 1.34. The van der Waals surface area contributed by atoms with Gasteiger partial charge in [0, 0.05) is 20.6 Å². The summed E-state index contributed by atoms with van der Waals surface area (Å²) in [6.45, 7) is 4.79. The summed E-state index contributed by atoms with van der Waals surface area (Å²) in [6.07, 6.45) is 0. The van der Waals surface area contributed by atoms with Crippen molar-refractivity contribution >= 4 is 17.7 Å². The molecular formula is C22H25FN4OS. The second-order valence-electron chi connectivity index (χ2n) is 7.43. The molecule has 5 nitrogen and oxygen atoms in total. The molecule has 1 amide bonds. The maximum atomic E-state index is 14.4. The van der Waals surface area contributed by atoms with Gasteiger partial charge in [0.25, 0.3) is 0 Å². The molecule has 0 N–H and O–H groups in total. The van der Waals surface area contributed by atoms with Crippen LogP contribution in [0.15, 0.2) is 59.8 Å². The first kappa shape index (κ1) is 21.0. The Hall–Kier alpha value is -2.67. The van der Waals surface area contributed by atoms with Crippen LogP contribution in [0.2, 0.25) is 0 Å². The van der Waals surface area contributed by atoms with E-state index in [-0.39, 0.29) is 11.7 Å². The lowest BCUT2D eigenvalue weighted by atomic mass is 10.1. The van der Waals surface area contributed by atoms with Gasteiger partial charge in [0.05, 0.1) is 5.56 Å². The molecule has 7 heteroatoms. The molecule has 0 aliphatic carbocycles. The van der Waals surface area contributed by atoms with E-state index in [1.54, 1.807) is 37.2 Å². The average molecular weight is 413 g/mol. The molecule has 0 aliphatic rings. The Morgan fingerprint density at radius 2 is 1.72 bits per heavy atom. The summed E-state index contributed by atoms with van der Waals surface area (Å²) in [6, 6.07) is 16.2. The number of benzene rings is 2. The smallest absolute Gasteiger partial charge is 0.240 e. The van der Waals surface area contributed by atoms with E-state index in [4.69, 9.17) is 0 Å². The Bertz CT molecular complexity index is 972. The molecule has 1 aromatic heterocycles. The molecule has 0 spiro atoms. The van der Waals surface area contributed by atoms with Crippen molar-refractivity contribution in [2.45, 2.75) is 30.8 Å². The molecule has 29 heavy (non-hydrogen) atoms. The van der Waals surface area contributed by atoms with Gasteiger partial charge < -0.3 is 9.47 Å². The van der Waals surface area contributed by atoms with E-state index in [2.05, 4.69) is 24.0 Å². The van der Waals surface area contributed by atoms with E-state index in [1.165, 1.54) is 17.8 Å². The largest absolute Gasteiger partial charge is 0.348 e. The molecule has 0 unspecified atom stereocenters. The van der Waals surface area contributed by atoms with E-state index in [1.807, 2.05) is 34.9 Å². The van der Waals surface area contributed by atoms with Crippen molar-refractivity contribution in [3.63, 3.8) is 0 Å². The summed E-state index contributed by atoms with van der Waals surface area (Å²) in [7, 11) is 3.48. The zero-order valence-corrected chi connectivity index (χ0v) is 17.9. The Morgan fingerprint density at radius 3 is 2.34 bits per heavy atom. The first-order chi connectivity index (χ1) is 13.9. The minimum absolute atomic E-state index is 0.0345. The number of likely N-dealkylation sites (N-methyl/N-ethyl adjacent to an activating group) is 1. The van der Waals surface area contributed by atoms with Gasteiger partial charge in [-0.05, 0) is 23.6 Å². The van der Waals surface area contributed by atoms with Crippen molar-refractivity contribution in [1.29, 1.82) is 0 Å². The lowest BCUT2D eigenvalue weighted by Gasteiger charge is -2.21. The van der Waals surface area contributed by atoms with Crippen LogP contribution >= 0.6 is 11.8 Å². The van der Waals surface area contributed by atoms with Gasteiger partial charge in [0.15, 0.2) is 11.0 Å². The summed E-state index contributed by atoms with van der Waals surface area (Å²) in [5.41, 5.74) is 1.30. The van der Waals surface area contributed by atoms with Crippen LogP contribution in [0.1, 0.15) is 24.7 Å². The van der Waals surface area contributed by atoms with E-state index in [0.717, 1.165) is 5.56 Å². The summed E-state index contributed by atoms with van der Waals surface area (Å²) in [5, 5.41) is 8.75. The molecule has 2 aromatic carbocycles. The molecule has 0 radical (unpaired) electrons. The van der Waals surface area contributed by atoms with Crippen molar-refractivity contribution in [1.82, 2.24) is 19.7 Å². The van der Waals surface area contributed by atoms with Crippen LogP contribution in [0.4, 0.5) is 4.39 Å². The number of hydrogen-bond acceptors (Lipinski definition) is 4. The zero-order chi connectivity index (χ0) is 21.0. The van der Waals surface area contributed by atoms with Gasteiger partial charge in [-0.15, -0.1) is 10.2 Å². The lowest BCUT2D eigenvalue weighted by Crippen LogP contribution is -2.27. The molecule has 3 rings (SSSR count). The second kappa shape index (κ2) is 9.22. The van der Waals surface area contributed by atoms with Crippen LogP contribution in [0, 0.1) is 11.7 Å². The van der Waals surface area contributed by atoms with Crippen LogP contribution in [-0.2, 0) is 11.3 Å². The number of carbonyl (C=O) groups excluding carboxylic acids is 1. The highest BCUT2D eigenvalue weighted by atomic mass is 32.2. The highest BCUT2D eigenvalue weighted by Gasteiger charge is 2.27. The third kappa shape index (κ3) is 4.85. The highest BCUT2D eigenvalue weighted by molar-refractivity contribution is 8.00. The van der Waals surface area contributed by atoms with Crippen LogP contribution in [0.25, 0.3) is 11.4 Å². The third-order valence-corrected chi connectivity index (χ3v) is 5.59. The maximum Gasteiger partial charge on any atom is 0.240 e. The average Bonchev–Trinajstić information content (AvgIpc) is 3.08. The highest BCUT2D eigenvalue weighted by Crippen LogP contribution is 2.37. The minimum Gasteiger partial charge on any atom is -0.348 e. The fourth-order valence-corrected chi connectivity index (χ4v) is 4.17. The summed E-state index contributed by atoms with van der Waals surface area (Å²) < 4.78 is 16.3. The van der Waals surface area contributed by atoms with Gasteiger partial charge in [-0.2, -0.15) is 0 Å². The fourth-order valence-electron chi connectivity index (χ4n) is 2.98. The van der Waals surface area contributed by atoms with Crippen molar-refractivity contribution < 1.29 is 9.18 Å². The van der Waals surface area contributed by atoms with Crippen LogP contribution in [-0.4, -0.2) is 39.7 Å². The Labute approximate surface area is 175 Å². The van der Waals surface area contributed by atoms with Gasteiger partial charge in [-0.3, -0.25) is 4.79 Å². The molecular weight excluding hydrogens is 387 g/mol. The van der Waals surface area contributed by atoms with Gasteiger partial charge in [0.2, 0.25) is 5.91 Å². The van der Waals surface area contributed by atoms with E-state index in [0.29, 0.717) is 29.0 Å². The van der Waals surface area contributed by atoms with Crippen molar-refractivity contribution in [3.05, 3.63) is 66.0 Å². The van der Waals surface area contributed by atoms with Crippen molar-refractivity contribution in [3.8, 4) is 11.4 Å². The Balaban J connectivity index is 2.05. The number of carbonyl (C=O) groups is 1. The van der Waals surface area contributed by atoms with Gasteiger partial charge >= 0.3 is 0 Å². The predicted molar refractivity (Wildman–Crippen MR) is 114 cm³/mol. The molecule has 0 saturated carbocycles. The topological polar surface area (TPSA) is 51.0 Å². The molecule has 0 fully saturated rings. The molecule has 0 saturated heterocycles. The number of amides is 1. The fraction of sp³-hybridized carbons (Fsp3) is 0.318. The number of hydrogen-bond donors (Lipinski definition) is 0. The number of aromatic nitrogens is 3. The predicted octanol–water partition coefficient (Wildman–Crippen LogP) is 4.66. The second-order valence-corrected chi connectivity index (χ2v) is 8.50. The Kier molecular flexibility index (Phi) is 6.69. The monoisotopic (exact) mass is 412 g/mol. The number of thioether (sulfide) groups is 1. The van der Waals surface area contributed by atoms with E-state index in [9.17, 15) is 9.18 Å². The standard InChI is InChI=1S/C22H25FN4OS/c1-15(2)14-27-20(17-12-8-9-13-18(17)23)24-25-22(27)29-19(21(28)26(3)4)16-10-6-5-7-11-16/h5-13,15,19H,14H2,1-4H3/t19-/m1/s1.